The fourth-order valence-corrected chi connectivity index (χ4v) is 3.69. The van der Waals surface area contributed by atoms with Crippen LogP contribution in [0.15, 0.2) is 42.7 Å². The van der Waals surface area contributed by atoms with Gasteiger partial charge < -0.3 is 9.64 Å². The quantitative estimate of drug-likeness (QED) is 0.871. The summed E-state index contributed by atoms with van der Waals surface area (Å²) in [6.45, 7) is 3.36. The first-order valence-corrected chi connectivity index (χ1v) is 8.59. The molecule has 1 aliphatic carbocycles. The lowest BCUT2D eigenvalue weighted by Crippen LogP contribution is -2.46. The van der Waals surface area contributed by atoms with E-state index >= 15 is 0 Å². The Morgan fingerprint density at radius 1 is 1.21 bits per heavy atom. The molecule has 1 amide bonds. The lowest BCUT2D eigenvalue weighted by molar-refractivity contribution is -0.146. The van der Waals surface area contributed by atoms with E-state index in [2.05, 4.69) is 17.2 Å². The van der Waals surface area contributed by atoms with Crippen LogP contribution < -0.4 is 0 Å². The van der Waals surface area contributed by atoms with Crippen LogP contribution in [0.25, 0.3) is 0 Å². The van der Waals surface area contributed by atoms with Crippen LogP contribution in [-0.4, -0.2) is 39.8 Å². The van der Waals surface area contributed by atoms with Gasteiger partial charge in [-0.1, -0.05) is 30.3 Å². The van der Waals surface area contributed by atoms with Gasteiger partial charge in [0.1, 0.15) is 6.10 Å². The summed E-state index contributed by atoms with van der Waals surface area (Å²) < 4.78 is 7.86. The Labute approximate surface area is 142 Å². The van der Waals surface area contributed by atoms with Crippen molar-refractivity contribution in [3.05, 3.63) is 53.9 Å². The van der Waals surface area contributed by atoms with Crippen LogP contribution in [0, 0.1) is 5.92 Å². The zero-order valence-electron chi connectivity index (χ0n) is 14.1. The standard InChI is InChI=1S/C19H23N3O2/c1-13-10-22(12-18(24-13)14-6-4-3-5-7-14)19(23)17-8-16(17)15-9-20-21(2)11-15/h3-7,9,11,13,16-18H,8,10,12H2,1-2H3/t13-,16-,17-,18-/m1/s1. The van der Waals surface area contributed by atoms with Crippen molar-refractivity contribution in [2.45, 2.75) is 31.5 Å². The summed E-state index contributed by atoms with van der Waals surface area (Å²) in [6.07, 6.45) is 4.86. The molecule has 1 aromatic carbocycles. The molecule has 4 atom stereocenters. The minimum Gasteiger partial charge on any atom is -0.367 e. The smallest absolute Gasteiger partial charge is 0.226 e. The Hall–Kier alpha value is -2.14. The van der Waals surface area contributed by atoms with Crippen molar-refractivity contribution in [3.8, 4) is 0 Å². The highest BCUT2D eigenvalue weighted by atomic mass is 16.5. The third-order valence-corrected chi connectivity index (χ3v) is 5.00. The van der Waals surface area contributed by atoms with Crippen LogP contribution in [0.3, 0.4) is 0 Å². The molecule has 4 rings (SSSR count). The van der Waals surface area contributed by atoms with Gasteiger partial charge in [-0.2, -0.15) is 5.10 Å². The number of benzene rings is 1. The van der Waals surface area contributed by atoms with Gasteiger partial charge in [-0.25, -0.2) is 0 Å². The van der Waals surface area contributed by atoms with Gasteiger partial charge >= 0.3 is 0 Å². The zero-order valence-corrected chi connectivity index (χ0v) is 14.1. The number of hydrogen-bond acceptors (Lipinski definition) is 3. The molecular formula is C19H23N3O2. The van der Waals surface area contributed by atoms with Gasteiger partial charge in [0, 0.05) is 25.7 Å². The number of aryl methyl sites for hydroxylation is 1. The molecule has 1 aliphatic heterocycles. The monoisotopic (exact) mass is 325 g/mol. The summed E-state index contributed by atoms with van der Waals surface area (Å²) in [4.78, 5) is 14.9. The maximum absolute atomic E-state index is 12.9. The highest BCUT2D eigenvalue weighted by Crippen LogP contribution is 2.48. The van der Waals surface area contributed by atoms with E-state index in [4.69, 9.17) is 4.74 Å². The van der Waals surface area contributed by atoms with Gasteiger partial charge in [0.2, 0.25) is 5.91 Å². The molecule has 0 unspecified atom stereocenters. The maximum Gasteiger partial charge on any atom is 0.226 e. The summed E-state index contributed by atoms with van der Waals surface area (Å²) in [7, 11) is 1.91. The molecule has 2 heterocycles. The number of amides is 1. The highest BCUT2D eigenvalue weighted by molar-refractivity contribution is 5.83. The Morgan fingerprint density at radius 2 is 2.00 bits per heavy atom. The van der Waals surface area contributed by atoms with E-state index in [0.717, 1.165) is 12.0 Å². The summed E-state index contributed by atoms with van der Waals surface area (Å²) in [5.41, 5.74) is 2.32. The van der Waals surface area contributed by atoms with Crippen LogP contribution in [0.5, 0.6) is 0 Å². The highest BCUT2D eigenvalue weighted by Gasteiger charge is 2.47. The average molecular weight is 325 g/mol. The van der Waals surface area contributed by atoms with Crippen molar-refractivity contribution in [1.82, 2.24) is 14.7 Å². The predicted molar refractivity (Wildman–Crippen MR) is 90.4 cm³/mol. The molecule has 2 fully saturated rings. The van der Waals surface area contributed by atoms with Crippen LogP contribution in [0.1, 0.15) is 36.5 Å². The lowest BCUT2D eigenvalue weighted by Gasteiger charge is -2.37. The van der Waals surface area contributed by atoms with Crippen molar-refractivity contribution in [3.63, 3.8) is 0 Å². The third-order valence-electron chi connectivity index (χ3n) is 5.00. The fraction of sp³-hybridized carbons (Fsp3) is 0.474. The van der Waals surface area contributed by atoms with Crippen LogP contribution >= 0.6 is 0 Å². The summed E-state index contributed by atoms with van der Waals surface area (Å²) >= 11 is 0. The van der Waals surface area contributed by atoms with E-state index in [1.807, 2.05) is 49.5 Å². The van der Waals surface area contributed by atoms with Crippen molar-refractivity contribution in [2.24, 2.45) is 13.0 Å². The Balaban J connectivity index is 1.45. The van der Waals surface area contributed by atoms with Gasteiger partial charge in [0.05, 0.1) is 18.8 Å². The van der Waals surface area contributed by atoms with Gasteiger partial charge in [-0.15, -0.1) is 0 Å². The topological polar surface area (TPSA) is 47.4 Å². The summed E-state index contributed by atoms with van der Waals surface area (Å²) in [5, 5.41) is 4.22. The first-order valence-electron chi connectivity index (χ1n) is 8.59. The molecule has 2 aliphatic rings. The molecular weight excluding hydrogens is 302 g/mol. The molecule has 0 radical (unpaired) electrons. The van der Waals surface area contributed by atoms with E-state index in [9.17, 15) is 4.79 Å². The van der Waals surface area contributed by atoms with Crippen LogP contribution in [-0.2, 0) is 16.6 Å². The molecule has 1 saturated heterocycles. The van der Waals surface area contributed by atoms with E-state index in [0.29, 0.717) is 19.0 Å². The number of morpholine rings is 1. The van der Waals surface area contributed by atoms with Crippen molar-refractivity contribution in [2.75, 3.05) is 13.1 Å². The molecule has 5 nitrogen and oxygen atoms in total. The molecule has 126 valence electrons. The largest absolute Gasteiger partial charge is 0.367 e. The first-order chi connectivity index (χ1) is 11.6. The minimum absolute atomic E-state index is 0.0329. The van der Waals surface area contributed by atoms with Crippen molar-refractivity contribution >= 4 is 5.91 Å². The van der Waals surface area contributed by atoms with E-state index in [-0.39, 0.29) is 24.0 Å². The second-order valence-electron chi connectivity index (χ2n) is 6.99. The third kappa shape index (κ3) is 2.96. The van der Waals surface area contributed by atoms with Gasteiger partial charge in [0.25, 0.3) is 0 Å². The predicted octanol–water partition coefficient (Wildman–Crippen LogP) is 2.51. The van der Waals surface area contributed by atoms with Gasteiger partial charge in [0.15, 0.2) is 0 Å². The number of carbonyl (C=O) groups excluding carboxylic acids is 1. The first kappa shape index (κ1) is 15.4. The molecule has 1 aromatic heterocycles. The van der Waals surface area contributed by atoms with E-state index in [1.165, 1.54) is 5.56 Å². The normalized spacial score (nSPS) is 29.5. The second-order valence-corrected chi connectivity index (χ2v) is 6.99. The zero-order chi connectivity index (χ0) is 16.7. The number of carbonyl (C=O) groups is 1. The SMILES string of the molecule is C[C@@H]1CN(C(=O)[C@@H]2C[C@@H]2c2cnn(C)c2)C[C@H](c2ccccc2)O1. The summed E-state index contributed by atoms with van der Waals surface area (Å²) in [6, 6.07) is 10.2. The Morgan fingerprint density at radius 3 is 2.71 bits per heavy atom. The fourth-order valence-electron chi connectivity index (χ4n) is 3.69. The molecule has 2 aromatic rings. The van der Waals surface area contributed by atoms with Crippen LogP contribution in [0.2, 0.25) is 0 Å². The minimum atomic E-state index is -0.0329. The average Bonchev–Trinajstić information content (AvgIpc) is 3.28. The van der Waals surface area contributed by atoms with Crippen LogP contribution in [0.4, 0.5) is 0 Å². The number of aromatic nitrogens is 2. The number of hydrogen-bond donors (Lipinski definition) is 0. The molecule has 24 heavy (non-hydrogen) atoms. The maximum atomic E-state index is 12.9. The Kier molecular flexibility index (Phi) is 3.88. The van der Waals surface area contributed by atoms with Crippen molar-refractivity contribution < 1.29 is 9.53 Å². The number of nitrogens with zero attached hydrogens (tertiary/aromatic N) is 3. The lowest BCUT2D eigenvalue weighted by atomic mass is 10.1. The molecule has 1 saturated carbocycles. The molecule has 0 N–H and O–H groups in total. The van der Waals surface area contributed by atoms with Gasteiger partial charge in [-0.3, -0.25) is 9.48 Å². The van der Waals surface area contributed by atoms with Crippen molar-refractivity contribution in [1.29, 1.82) is 0 Å². The molecule has 5 heteroatoms. The summed E-state index contributed by atoms with van der Waals surface area (Å²) in [5.74, 6) is 0.704. The van der Waals surface area contributed by atoms with E-state index in [1.54, 1.807) is 4.68 Å². The van der Waals surface area contributed by atoms with Gasteiger partial charge in [-0.05, 0) is 30.4 Å². The van der Waals surface area contributed by atoms with E-state index < -0.39 is 0 Å². The number of rotatable bonds is 3. The number of ether oxygens (including phenoxy) is 1. The Bertz CT molecular complexity index is 727. The second kappa shape index (κ2) is 6.06. The molecule has 0 bridgehead atoms. The molecule has 0 spiro atoms.